The van der Waals surface area contributed by atoms with Gasteiger partial charge in [0.2, 0.25) is 0 Å². The van der Waals surface area contributed by atoms with E-state index in [0.717, 1.165) is 68.4 Å². The van der Waals surface area contributed by atoms with Crippen molar-refractivity contribution >= 4 is 35.2 Å². The van der Waals surface area contributed by atoms with E-state index in [1.54, 1.807) is 0 Å². The fraction of sp³-hybridized carbons (Fsp3) is 0.277. The molecule has 3 aromatic heterocycles. The van der Waals surface area contributed by atoms with E-state index in [2.05, 4.69) is 157 Å². The Morgan fingerprint density at radius 1 is 0.673 bits per heavy atom. The van der Waals surface area contributed by atoms with Gasteiger partial charge in [0.25, 0.3) is 0 Å². The molecular weight excluding hydrogens is 829 g/mol. The second kappa shape index (κ2) is 15.8. The summed E-state index contributed by atoms with van der Waals surface area (Å²) < 4.78 is 6.27. The first kappa shape index (κ1) is 39.1. The first-order valence-electron chi connectivity index (χ1n) is 18.0. The standard InChI is InChI=1S/C28H24NO.C19H26NSi.Ir/c1-28(2,3)18-19-14-15-29-25(16-19)21-12-13-26-24(17-21)23-11-7-10-22(27(23)30-26)20-8-5-4-6-9-20;1-19(2,3)13-16-12-17(15-10-8-7-9-11-15)20-14-18(16)21(4,5)6;/h4-11,13-17H,18H2,1-3H3;7-10,12,14H,13H2,1-6H3;/q2*-1;. The van der Waals surface area contributed by atoms with Crippen molar-refractivity contribution in [1.29, 1.82) is 0 Å². The molecular formula is C47H50IrN2OSi-2. The van der Waals surface area contributed by atoms with Crippen molar-refractivity contribution in [3.05, 3.63) is 139 Å². The maximum absolute atomic E-state index is 6.27. The van der Waals surface area contributed by atoms with Gasteiger partial charge >= 0.3 is 0 Å². The number of furan rings is 1. The van der Waals surface area contributed by atoms with Crippen LogP contribution >= 0.6 is 0 Å². The topological polar surface area (TPSA) is 38.9 Å². The molecule has 0 unspecified atom stereocenters. The van der Waals surface area contributed by atoms with E-state index in [1.165, 1.54) is 16.3 Å². The average molecular weight is 879 g/mol. The number of aromatic nitrogens is 2. The molecule has 0 bridgehead atoms. The summed E-state index contributed by atoms with van der Waals surface area (Å²) in [6.45, 7) is 20.9. The number of hydrogen-bond donors (Lipinski definition) is 0. The number of benzene rings is 4. The van der Waals surface area contributed by atoms with Crippen molar-refractivity contribution in [2.75, 3.05) is 0 Å². The van der Waals surface area contributed by atoms with Crippen molar-refractivity contribution in [3.63, 3.8) is 0 Å². The molecule has 0 aliphatic rings. The predicted molar refractivity (Wildman–Crippen MR) is 219 cm³/mol. The van der Waals surface area contributed by atoms with Crippen molar-refractivity contribution in [2.45, 2.75) is 74.0 Å². The minimum atomic E-state index is -1.37. The molecule has 0 N–H and O–H groups in total. The quantitative estimate of drug-likeness (QED) is 0.123. The molecule has 0 amide bonds. The van der Waals surface area contributed by atoms with Gasteiger partial charge in [-0.3, -0.25) is 0 Å². The number of pyridine rings is 2. The molecule has 4 aromatic carbocycles. The fourth-order valence-electron chi connectivity index (χ4n) is 6.67. The largest absolute Gasteiger partial charge is 0.500 e. The van der Waals surface area contributed by atoms with Gasteiger partial charge in [-0.15, -0.1) is 59.7 Å². The third-order valence-electron chi connectivity index (χ3n) is 8.85. The van der Waals surface area contributed by atoms with E-state index in [9.17, 15) is 0 Å². The third-order valence-corrected chi connectivity index (χ3v) is 10.9. The second-order valence-electron chi connectivity index (χ2n) is 17.1. The van der Waals surface area contributed by atoms with E-state index < -0.39 is 8.07 Å². The third kappa shape index (κ3) is 9.63. The Labute approximate surface area is 325 Å². The molecule has 3 heterocycles. The Morgan fingerprint density at radius 3 is 2.06 bits per heavy atom. The summed E-state index contributed by atoms with van der Waals surface area (Å²) >= 11 is 0. The zero-order valence-corrected chi connectivity index (χ0v) is 35.4. The van der Waals surface area contributed by atoms with Crippen LogP contribution in [0.15, 0.2) is 120 Å². The summed E-state index contributed by atoms with van der Waals surface area (Å²) in [6, 6.07) is 42.1. The Morgan fingerprint density at radius 2 is 1.38 bits per heavy atom. The van der Waals surface area contributed by atoms with E-state index in [4.69, 9.17) is 9.40 Å². The monoisotopic (exact) mass is 879 g/mol. The van der Waals surface area contributed by atoms with Gasteiger partial charge in [-0.1, -0.05) is 138 Å². The maximum Gasteiger partial charge on any atom is 0.128 e. The van der Waals surface area contributed by atoms with Crippen LogP contribution in [-0.2, 0) is 32.9 Å². The molecule has 269 valence electrons. The van der Waals surface area contributed by atoms with Gasteiger partial charge in [0.15, 0.2) is 0 Å². The summed E-state index contributed by atoms with van der Waals surface area (Å²) in [7, 11) is -1.37. The van der Waals surface area contributed by atoms with Crippen molar-refractivity contribution in [2.24, 2.45) is 10.8 Å². The minimum Gasteiger partial charge on any atom is -0.500 e. The molecule has 7 rings (SSSR count). The minimum absolute atomic E-state index is 0. The van der Waals surface area contributed by atoms with Crippen molar-refractivity contribution < 1.29 is 24.5 Å². The zero-order valence-electron chi connectivity index (χ0n) is 32.0. The van der Waals surface area contributed by atoms with Crippen LogP contribution in [0.25, 0.3) is 55.6 Å². The van der Waals surface area contributed by atoms with Gasteiger partial charge in [0.1, 0.15) is 5.58 Å². The normalized spacial score (nSPS) is 11.9. The molecule has 0 spiro atoms. The summed E-state index contributed by atoms with van der Waals surface area (Å²) in [6.07, 6.45) is 6.12. The van der Waals surface area contributed by atoms with Crippen LogP contribution in [-0.4, -0.2) is 18.0 Å². The summed E-state index contributed by atoms with van der Waals surface area (Å²) in [5, 5.41) is 3.70. The van der Waals surface area contributed by atoms with Gasteiger partial charge in [-0.25, -0.2) is 0 Å². The van der Waals surface area contributed by atoms with E-state index in [-0.39, 0.29) is 30.9 Å². The van der Waals surface area contributed by atoms with Gasteiger partial charge in [-0.2, -0.15) is 0 Å². The van der Waals surface area contributed by atoms with E-state index >= 15 is 0 Å². The van der Waals surface area contributed by atoms with Crippen molar-refractivity contribution in [3.8, 4) is 33.6 Å². The van der Waals surface area contributed by atoms with Crippen LogP contribution in [0.2, 0.25) is 19.6 Å². The smallest absolute Gasteiger partial charge is 0.128 e. The number of para-hydroxylation sites is 1. The van der Waals surface area contributed by atoms with E-state index in [1.807, 2.05) is 36.5 Å². The summed E-state index contributed by atoms with van der Waals surface area (Å²) in [5.74, 6) is 0. The number of nitrogens with zero attached hydrogens (tertiary/aromatic N) is 2. The molecule has 1 radical (unpaired) electrons. The fourth-order valence-corrected chi connectivity index (χ4v) is 8.24. The second-order valence-corrected chi connectivity index (χ2v) is 22.1. The molecule has 7 aromatic rings. The molecule has 52 heavy (non-hydrogen) atoms. The van der Waals surface area contributed by atoms with Crippen LogP contribution in [0.4, 0.5) is 0 Å². The zero-order chi connectivity index (χ0) is 36.4. The molecule has 0 atom stereocenters. The molecule has 0 aliphatic carbocycles. The van der Waals surface area contributed by atoms with E-state index in [0.29, 0.717) is 0 Å². The van der Waals surface area contributed by atoms with Gasteiger partial charge in [0.05, 0.1) is 13.7 Å². The summed E-state index contributed by atoms with van der Waals surface area (Å²) in [4.78, 5) is 9.32. The molecule has 3 nitrogen and oxygen atoms in total. The van der Waals surface area contributed by atoms with Crippen LogP contribution < -0.4 is 5.19 Å². The average Bonchev–Trinajstić information content (AvgIpc) is 3.46. The molecule has 5 heteroatoms. The predicted octanol–water partition coefficient (Wildman–Crippen LogP) is 12.4. The Bertz CT molecular complexity index is 2260. The SMILES string of the molecule is CC(C)(C)Cc1cc(-c2[c-]cccc2)ncc1[Si](C)(C)C.CC(C)(C)Cc1ccnc(-c2[c-]cc3oc4c(-c5ccccc5)cccc4c3c2)c1.[Ir]. The molecule has 0 aliphatic heterocycles. The summed E-state index contributed by atoms with van der Waals surface area (Å²) in [5.41, 5.74) is 11.4. The molecule has 0 saturated carbocycles. The van der Waals surface area contributed by atoms with Gasteiger partial charge in [-0.05, 0) is 51.9 Å². The number of fused-ring (bicyclic) bond motifs is 3. The van der Waals surface area contributed by atoms with Crippen LogP contribution in [0, 0.1) is 23.0 Å². The molecule has 0 fully saturated rings. The first-order valence-corrected chi connectivity index (χ1v) is 21.5. The van der Waals surface area contributed by atoms with Gasteiger partial charge in [0, 0.05) is 43.4 Å². The Kier molecular flexibility index (Phi) is 11.9. The number of hydrogen-bond acceptors (Lipinski definition) is 3. The maximum atomic E-state index is 6.27. The van der Waals surface area contributed by atoms with Crippen molar-refractivity contribution in [1.82, 2.24) is 9.97 Å². The molecule has 0 saturated heterocycles. The Balaban J connectivity index is 0.000000210. The number of rotatable bonds is 6. The van der Waals surface area contributed by atoms with Gasteiger partial charge < -0.3 is 14.4 Å². The van der Waals surface area contributed by atoms with Crippen LogP contribution in [0.5, 0.6) is 0 Å². The van der Waals surface area contributed by atoms with Crippen LogP contribution in [0.1, 0.15) is 52.7 Å². The van der Waals surface area contributed by atoms with Crippen LogP contribution in [0.3, 0.4) is 0 Å². The first-order chi connectivity index (χ1) is 24.1. The Hall–Kier alpha value is -4.15.